The topological polar surface area (TPSA) is 71.5 Å². The summed E-state index contributed by atoms with van der Waals surface area (Å²) in [7, 11) is 0. The summed E-state index contributed by atoms with van der Waals surface area (Å²) in [6.45, 7) is 4.16. The molecule has 0 bridgehead atoms. The maximum atomic E-state index is 12.2. The molecule has 0 atom stereocenters. The zero-order valence-electron chi connectivity index (χ0n) is 16.7. The van der Waals surface area contributed by atoms with Gasteiger partial charge in [-0.05, 0) is 31.9 Å². The van der Waals surface area contributed by atoms with E-state index < -0.39 is 0 Å². The molecule has 3 rings (SSSR count). The van der Waals surface area contributed by atoms with Crippen LogP contribution in [0.15, 0.2) is 35.7 Å². The van der Waals surface area contributed by atoms with Crippen molar-refractivity contribution in [2.24, 2.45) is 0 Å². The predicted molar refractivity (Wildman–Crippen MR) is 115 cm³/mol. The van der Waals surface area contributed by atoms with Crippen LogP contribution in [0.25, 0.3) is 6.08 Å². The SMILES string of the molecule is Cc1nc(COc2ccccc2/C=C/C(=O)NCCN2CCCCCC2=O)cs1. The van der Waals surface area contributed by atoms with Crippen molar-refractivity contribution in [2.75, 3.05) is 19.6 Å². The zero-order chi connectivity index (χ0) is 20.5. The molecule has 7 heteroatoms. The second-order valence-electron chi connectivity index (χ2n) is 7.00. The highest BCUT2D eigenvalue weighted by Crippen LogP contribution is 2.21. The number of aromatic nitrogens is 1. The van der Waals surface area contributed by atoms with Gasteiger partial charge in [0.25, 0.3) is 0 Å². The summed E-state index contributed by atoms with van der Waals surface area (Å²) in [4.78, 5) is 30.4. The molecule has 0 unspecified atom stereocenters. The van der Waals surface area contributed by atoms with Crippen molar-refractivity contribution < 1.29 is 14.3 Å². The summed E-state index contributed by atoms with van der Waals surface area (Å²) in [5.74, 6) is 0.711. The number of carbonyl (C=O) groups is 2. The third-order valence-electron chi connectivity index (χ3n) is 4.73. The molecule has 0 aliphatic carbocycles. The number of thiazole rings is 1. The van der Waals surface area contributed by atoms with Crippen LogP contribution in [0, 0.1) is 6.92 Å². The van der Waals surface area contributed by atoms with Crippen molar-refractivity contribution in [3.05, 3.63) is 52.0 Å². The Hall–Kier alpha value is -2.67. The number of rotatable bonds is 8. The first-order chi connectivity index (χ1) is 14.1. The number of para-hydroxylation sites is 1. The highest BCUT2D eigenvalue weighted by atomic mass is 32.1. The van der Waals surface area contributed by atoms with Gasteiger partial charge in [0.2, 0.25) is 11.8 Å². The van der Waals surface area contributed by atoms with Gasteiger partial charge in [-0.3, -0.25) is 9.59 Å². The van der Waals surface area contributed by atoms with Crippen molar-refractivity contribution in [3.8, 4) is 5.75 Å². The molecule has 0 radical (unpaired) electrons. The van der Waals surface area contributed by atoms with Crippen molar-refractivity contribution >= 4 is 29.2 Å². The second kappa shape index (κ2) is 10.8. The van der Waals surface area contributed by atoms with Crippen LogP contribution >= 0.6 is 11.3 Å². The molecule has 2 amide bonds. The molecule has 1 aromatic heterocycles. The van der Waals surface area contributed by atoms with Crippen LogP contribution in [0.3, 0.4) is 0 Å². The molecule has 1 aliphatic rings. The molecule has 2 heterocycles. The normalized spacial score (nSPS) is 14.8. The van der Waals surface area contributed by atoms with Crippen LogP contribution in [0.5, 0.6) is 5.75 Å². The van der Waals surface area contributed by atoms with E-state index >= 15 is 0 Å². The fraction of sp³-hybridized carbons (Fsp3) is 0.409. The fourth-order valence-electron chi connectivity index (χ4n) is 3.19. The van der Waals surface area contributed by atoms with E-state index in [0.29, 0.717) is 31.9 Å². The summed E-state index contributed by atoms with van der Waals surface area (Å²) in [6, 6.07) is 7.59. The maximum Gasteiger partial charge on any atom is 0.244 e. The number of likely N-dealkylation sites (tertiary alicyclic amines) is 1. The molecule has 1 aliphatic heterocycles. The lowest BCUT2D eigenvalue weighted by atomic mass is 10.2. The fourth-order valence-corrected chi connectivity index (χ4v) is 3.79. The lowest BCUT2D eigenvalue weighted by Crippen LogP contribution is -2.37. The van der Waals surface area contributed by atoms with Crippen LogP contribution in [0.1, 0.15) is 41.9 Å². The quantitative estimate of drug-likeness (QED) is 0.672. The number of amides is 2. The molecular weight excluding hydrogens is 386 g/mol. The molecule has 29 heavy (non-hydrogen) atoms. The van der Waals surface area contributed by atoms with Gasteiger partial charge >= 0.3 is 0 Å². The van der Waals surface area contributed by atoms with Crippen LogP contribution in [0.2, 0.25) is 0 Å². The zero-order valence-corrected chi connectivity index (χ0v) is 17.5. The number of aryl methyl sites for hydroxylation is 1. The molecule has 0 saturated carbocycles. The standard InChI is InChI=1S/C22H27N3O3S/c1-17-24-19(16-29-17)15-28-20-8-5-4-7-18(20)10-11-21(26)23-12-14-25-13-6-2-3-9-22(25)27/h4-5,7-8,10-11,16H,2-3,6,9,12-15H2,1H3,(H,23,26)/b11-10+. The van der Waals surface area contributed by atoms with Crippen LogP contribution in [-0.4, -0.2) is 41.3 Å². The van der Waals surface area contributed by atoms with Crippen LogP contribution in [-0.2, 0) is 16.2 Å². The summed E-state index contributed by atoms with van der Waals surface area (Å²) < 4.78 is 5.87. The van der Waals surface area contributed by atoms with Crippen molar-refractivity contribution in [1.82, 2.24) is 15.2 Å². The average molecular weight is 414 g/mol. The average Bonchev–Trinajstić information content (AvgIpc) is 3.03. The Labute approximate surface area is 175 Å². The largest absolute Gasteiger partial charge is 0.487 e. The molecular formula is C22H27N3O3S. The van der Waals surface area contributed by atoms with E-state index in [1.54, 1.807) is 17.4 Å². The Morgan fingerprint density at radius 1 is 1.31 bits per heavy atom. The van der Waals surface area contributed by atoms with Gasteiger partial charge in [0, 0.05) is 43.1 Å². The number of nitrogens with zero attached hydrogens (tertiary/aromatic N) is 2. The van der Waals surface area contributed by atoms with Crippen molar-refractivity contribution in [2.45, 2.75) is 39.2 Å². The van der Waals surface area contributed by atoms with Crippen molar-refractivity contribution in [1.29, 1.82) is 0 Å². The first-order valence-electron chi connectivity index (χ1n) is 9.98. The van der Waals surface area contributed by atoms with E-state index in [1.807, 2.05) is 41.5 Å². The van der Waals surface area contributed by atoms with Crippen molar-refractivity contribution in [3.63, 3.8) is 0 Å². The Morgan fingerprint density at radius 2 is 2.17 bits per heavy atom. The monoisotopic (exact) mass is 413 g/mol. The third-order valence-corrected chi connectivity index (χ3v) is 5.55. The number of benzene rings is 1. The lowest BCUT2D eigenvalue weighted by molar-refractivity contribution is -0.131. The minimum atomic E-state index is -0.183. The first-order valence-corrected chi connectivity index (χ1v) is 10.9. The van der Waals surface area contributed by atoms with Crippen LogP contribution in [0.4, 0.5) is 0 Å². The van der Waals surface area contributed by atoms with E-state index in [2.05, 4.69) is 10.3 Å². The Kier molecular flexibility index (Phi) is 7.81. The minimum Gasteiger partial charge on any atom is -0.487 e. The van der Waals surface area contributed by atoms with Gasteiger partial charge in [-0.2, -0.15) is 0 Å². The van der Waals surface area contributed by atoms with Gasteiger partial charge in [0.15, 0.2) is 0 Å². The molecule has 1 saturated heterocycles. The van der Waals surface area contributed by atoms with Gasteiger partial charge in [0.1, 0.15) is 12.4 Å². The highest BCUT2D eigenvalue weighted by molar-refractivity contribution is 7.09. The van der Waals surface area contributed by atoms with Crippen LogP contribution < -0.4 is 10.1 Å². The Morgan fingerprint density at radius 3 is 3.00 bits per heavy atom. The third kappa shape index (κ3) is 6.71. The van der Waals surface area contributed by atoms with E-state index in [4.69, 9.17) is 4.74 Å². The molecule has 0 spiro atoms. The number of hydrogen-bond donors (Lipinski definition) is 1. The van der Waals surface area contributed by atoms with E-state index in [-0.39, 0.29) is 11.8 Å². The molecule has 1 aromatic carbocycles. The van der Waals surface area contributed by atoms with E-state index in [1.165, 1.54) is 6.08 Å². The number of ether oxygens (including phenoxy) is 1. The van der Waals surface area contributed by atoms with Gasteiger partial charge < -0.3 is 15.0 Å². The van der Waals surface area contributed by atoms with Gasteiger partial charge in [-0.15, -0.1) is 11.3 Å². The molecule has 154 valence electrons. The maximum absolute atomic E-state index is 12.2. The molecule has 6 nitrogen and oxygen atoms in total. The summed E-state index contributed by atoms with van der Waals surface area (Å²) >= 11 is 1.59. The highest BCUT2D eigenvalue weighted by Gasteiger charge is 2.15. The van der Waals surface area contributed by atoms with Gasteiger partial charge in [0.05, 0.1) is 10.7 Å². The minimum absolute atomic E-state index is 0.183. The summed E-state index contributed by atoms with van der Waals surface area (Å²) in [6.07, 6.45) is 6.96. The number of nitrogens with one attached hydrogen (secondary N) is 1. The molecule has 2 aromatic rings. The smallest absolute Gasteiger partial charge is 0.244 e. The number of hydrogen-bond acceptors (Lipinski definition) is 5. The Bertz CT molecular complexity index is 862. The second-order valence-corrected chi connectivity index (χ2v) is 8.06. The summed E-state index contributed by atoms with van der Waals surface area (Å²) in [5, 5.41) is 5.84. The van der Waals surface area contributed by atoms with Gasteiger partial charge in [-0.1, -0.05) is 24.6 Å². The Balaban J connectivity index is 1.48. The van der Waals surface area contributed by atoms with E-state index in [9.17, 15) is 9.59 Å². The van der Waals surface area contributed by atoms with Gasteiger partial charge in [-0.25, -0.2) is 4.98 Å². The lowest BCUT2D eigenvalue weighted by Gasteiger charge is -2.20. The predicted octanol–water partition coefficient (Wildman–Crippen LogP) is 3.56. The molecule has 1 fully saturated rings. The molecule has 1 N–H and O–H groups in total. The first kappa shape index (κ1) is 21.0. The number of carbonyl (C=O) groups excluding carboxylic acids is 2. The van der Waals surface area contributed by atoms with E-state index in [0.717, 1.165) is 42.1 Å². The summed E-state index contributed by atoms with van der Waals surface area (Å²) in [5.41, 5.74) is 1.73.